The van der Waals surface area contributed by atoms with E-state index < -0.39 is 49.1 Å². The number of aliphatic hydroxyl groups excluding tert-OH is 2. The van der Waals surface area contributed by atoms with Crippen LogP contribution < -0.4 is 5.32 Å². The molecule has 2 fully saturated rings. The highest BCUT2D eigenvalue weighted by atomic mass is 35.5. The number of nitrogens with one attached hydrogen (secondary N) is 1. The molecule has 1 unspecified atom stereocenters. The highest BCUT2D eigenvalue weighted by molar-refractivity contribution is 7.99. The summed E-state index contributed by atoms with van der Waals surface area (Å²) in [6, 6.07) is 7.63. The van der Waals surface area contributed by atoms with Crippen molar-refractivity contribution in [1.82, 2.24) is 10.2 Å². The predicted molar refractivity (Wildman–Crippen MR) is 147 cm³/mol. The minimum atomic E-state index is -4.62. The van der Waals surface area contributed by atoms with E-state index in [1.165, 1.54) is 0 Å². The molecule has 4 N–H and O–H groups in total. The van der Waals surface area contributed by atoms with Gasteiger partial charge in [-0.15, -0.1) is 23.4 Å². The fraction of sp³-hybridized carbons (Fsp3) is 0.720. The van der Waals surface area contributed by atoms with Crippen LogP contribution in [0.25, 0.3) is 0 Å². The number of hydrogen-bond donors (Lipinski definition) is 4. The summed E-state index contributed by atoms with van der Waals surface area (Å²) in [5.41, 5.74) is -0.284. The van der Waals surface area contributed by atoms with Gasteiger partial charge in [0.15, 0.2) is 0 Å². The van der Waals surface area contributed by atoms with Crippen molar-refractivity contribution in [3.05, 3.63) is 35.9 Å². The second-order valence-corrected chi connectivity index (χ2v) is 13.1. The van der Waals surface area contributed by atoms with Crippen LogP contribution in [-0.4, -0.2) is 93.1 Å². The normalized spacial score (nSPS) is 33.4. The number of halogens is 1. The van der Waals surface area contributed by atoms with Gasteiger partial charge in [0.25, 0.3) is 0 Å². The number of benzene rings is 1. The minimum Gasteiger partial charge on any atom is -0.388 e. The summed E-state index contributed by atoms with van der Waals surface area (Å²) in [4.78, 5) is 25.5. The van der Waals surface area contributed by atoms with Gasteiger partial charge in [-0.1, -0.05) is 43.7 Å². The first kappa shape index (κ1) is 31.8. The first-order valence-corrected chi connectivity index (χ1v) is 16.1. The van der Waals surface area contributed by atoms with Crippen LogP contribution in [-0.2, 0) is 29.8 Å². The molecule has 1 aromatic rings. The lowest BCUT2D eigenvalue weighted by Gasteiger charge is -2.45. The van der Waals surface area contributed by atoms with Gasteiger partial charge in [0.1, 0.15) is 29.9 Å². The zero-order chi connectivity index (χ0) is 28.0. The molecule has 1 aromatic carbocycles. The third kappa shape index (κ3) is 8.16. The molecular formula is C25H40ClN2O8PS. The van der Waals surface area contributed by atoms with E-state index in [2.05, 4.69) is 12.2 Å². The maximum atomic E-state index is 13.2. The van der Waals surface area contributed by atoms with Crippen molar-refractivity contribution in [2.24, 2.45) is 5.92 Å². The number of phosphoric ester groups is 1. The van der Waals surface area contributed by atoms with Gasteiger partial charge in [-0.3, -0.25) is 18.7 Å². The van der Waals surface area contributed by atoms with Crippen LogP contribution in [0.1, 0.15) is 38.7 Å². The number of nitrogens with zero attached hydrogens (tertiary/aromatic N) is 1. The molecule has 1 amide bonds. The van der Waals surface area contributed by atoms with E-state index in [-0.39, 0.29) is 18.6 Å². The molecule has 13 heteroatoms. The van der Waals surface area contributed by atoms with Crippen molar-refractivity contribution < 1.29 is 38.3 Å². The van der Waals surface area contributed by atoms with Gasteiger partial charge in [-0.25, -0.2) is 4.57 Å². The first-order valence-electron chi connectivity index (χ1n) is 12.9. The summed E-state index contributed by atoms with van der Waals surface area (Å²) in [5, 5.41) is 24.2. The number of aliphatic hydroxyl groups is 2. The molecule has 0 spiro atoms. The number of carbonyl (C=O) groups is 1. The molecule has 0 saturated carbocycles. The van der Waals surface area contributed by atoms with Gasteiger partial charge in [-0.2, -0.15) is 0 Å². The second-order valence-electron chi connectivity index (χ2n) is 10.0. The quantitative estimate of drug-likeness (QED) is 0.211. The lowest BCUT2D eigenvalue weighted by atomic mass is 9.92. The van der Waals surface area contributed by atoms with Gasteiger partial charge in [0.2, 0.25) is 5.91 Å². The number of amides is 1. The molecule has 2 saturated heterocycles. The summed E-state index contributed by atoms with van der Waals surface area (Å²) in [6.45, 7) is 4.44. The summed E-state index contributed by atoms with van der Waals surface area (Å²) in [6.07, 6.45) is -1.13. The van der Waals surface area contributed by atoms with Crippen molar-refractivity contribution in [1.29, 1.82) is 0 Å². The number of likely N-dealkylation sites (tertiary alicyclic amines) is 1. The molecule has 0 radical (unpaired) electrons. The SMILES string of the molecule is CCC[C@@H]1C[C@@H](C(=O)N[C@@H]([C@H]2O[C@H](SC)[C@H](OP(=O)(O)OCc3ccccc3)[C@@H](O)[C@H]2O)[C@H](C)Cl)N(C)C1. The molecule has 38 heavy (non-hydrogen) atoms. The number of hydrogen-bond acceptors (Lipinski definition) is 9. The molecule has 2 aliphatic heterocycles. The number of ether oxygens (including phenoxy) is 1. The van der Waals surface area contributed by atoms with Gasteiger partial charge in [-0.05, 0) is 44.6 Å². The maximum absolute atomic E-state index is 13.2. The Labute approximate surface area is 234 Å². The van der Waals surface area contributed by atoms with Crippen LogP contribution >= 0.6 is 31.2 Å². The fourth-order valence-corrected chi connectivity index (χ4v) is 7.05. The molecule has 0 bridgehead atoms. The Hall–Kier alpha value is -0.720. The van der Waals surface area contributed by atoms with E-state index >= 15 is 0 Å². The first-order chi connectivity index (χ1) is 18.0. The standard InChI is InChI=1S/C25H40ClN2O8PS/c1-5-9-17-12-18(28(3)13-17)24(31)27-19(15(2)26)22-20(29)21(30)23(25(35-22)38-4)36-37(32,33)34-14-16-10-7-6-8-11-16/h6-8,10-11,15,17-23,25,29-30H,5,9,12-14H2,1-4H3,(H,27,31)(H,32,33)/t15-,17+,18-,19+,20+,21-,22+,23+,25+/m0/s1. The Bertz CT molecular complexity index is 945. The Balaban J connectivity index is 1.68. The largest absolute Gasteiger partial charge is 0.472 e. The zero-order valence-corrected chi connectivity index (χ0v) is 24.6. The van der Waals surface area contributed by atoms with E-state index in [0.29, 0.717) is 11.5 Å². The van der Waals surface area contributed by atoms with E-state index in [1.54, 1.807) is 37.4 Å². The van der Waals surface area contributed by atoms with Crippen molar-refractivity contribution in [2.45, 2.75) is 87.0 Å². The van der Waals surface area contributed by atoms with Crippen LogP contribution in [0, 0.1) is 5.92 Å². The minimum absolute atomic E-state index is 0.181. The van der Waals surface area contributed by atoms with Crippen molar-refractivity contribution in [2.75, 3.05) is 19.8 Å². The van der Waals surface area contributed by atoms with Crippen LogP contribution in [0.2, 0.25) is 0 Å². The molecule has 0 aromatic heterocycles. The van der Waals surface area contributed by atoms with Crippen LogP contribution in [0.5, 0.6) is 0 Å². The van der Waals surface area contributed by atoms with E-state index in [9.17, 15) is 24.5 Å². The van der Waals surface area contributed by atoms with Gasteiger partial charge < -0.3 is 25.2 Å². The van der Waals surface area contributed by atoms with Gasteiger partial charge >= 0.3 is 7.82 Å². The monoisotopic (exact) mass is 594 g/mol. The molecule has 10 atom stereocenters. The number of alkyl halides is 1. The lowest BCUT2D eigenvalue weighted by molar-refractivity contribution is -0.202. The Morgan fingerprint density at radius 2 is 2.00 bits per heavy atom. The third-order valence-corrected chi connectivity index (χ3v) is 9.18. The third-order valence-electron chi connectivity index (χ3n) is 7.10. The molecule has 216 valence electrons. The van der Waals surface area contributed by atoms with Gasteiger partial charge in [0.05, 0.1) is 24.1 Å². The van der Waals surface area contributed by atoms with Crippen LogP contribution in [0.3, 0.4) is 0 Å². The average molecular weight is 595 g/mol. The maximum Gasteiger partial charge on any atom is 0.472 e. The Kier molecular flexibility index (Phi) is 11.9. The van der Waals surface area contributed by atoms with E-state index in [4.69, 9.17) is 25.4 Å². The van der Waals surface area contributed by atoms with Gasteiger partial charge in [0, 0.05) is 6.54 Å². The average Bonchev–Trinajstić information content (AvgIpc) is 3.25. The molecule has 0 aliphatic carbocycles. The van der Waals surface area contributed by atoms with Crippen molar-refractivity contribution in [3.8, 4) is 0 Å². The topological polar surface area (TPSA) is 138 Å². The zero-order valence-electron chi connectivity index (χ0n) is 22.2. The lowest BCUT2D eigenvalue weighted by Crippen LogP contribution is -2.65. The highest BCUT2D eigenvalue weighted by Gasteiger charge is 2.51. The number of carbonyl (C=O) groups excluding carboxylic acids is 1. The number of rotatable bonds is 12. The highest BCUT2D eigenvalue weighted by Crippen LogP contribution is 2.48. The summed E-state index contributed by atoms with van der Waals surface area (Å²) >= 11 is 7.57. The Morgan fingerprint density at radius 3 is 2.61 bits per heavy atom. The van der Waals surface area contributed by atoms with Crippen LogP contribution in [0.4, 0.5) is 0 Å². The second kappa shape index (κ2) is 14.3. The van der Waals surface area contributed by atoms with Crippen molar-refractivity contribution >= 4 is 37.1 Å². The number of phosphoric acid groups is 1. The summed E-state index contributed by atoms with van der Waals surface area (Å²) in [7, 11) is -2.71. The van der Waals surface area contributed by atoms with E-state index in [0.717, 1.165) is 37.6 Å². The predicted octanol–water partition coefficient (Wildman–Crippen LogP) is 2.73. The van der Waals surface area contributed by atoms with Crippen LogP contribution in [0.15, 0.2) is 30.3 Å². The van der Waals surface area contributed by atoms with E-state index in [1.807, 2.05) is 18.0 Å². The Morgan fingerprint density at radius 1 is 1.32 bits per heavy atom. The molecular weight excluding hydrogens is 555 g/mol. The number of likely N-dealkylation sites (N-methyl/N-ethyl adjacent to an activating group) is 1. The smallest absolute Gasteiger partial charge is 0.388 e. The molecule has 2 aliphatic rings. The van der Waals surface area contributed by atoms with Crippen molar-refractivity contribution in [3.63, 3.8) is 0 Å². The molecule has 3 rings (SSSR count). The summed E-state index contributed by atoms with van der Waals surface area (Å²) in [5.74, 6) is 0.213. The summed E-state index contributed by atoms with van der Waals surface area (Å²) < 4.78 is 29.1. The molecule has 10 nitrogen and oxygen atoms in total. The number of thioether (sulfide) groups is 1. The molecule has 2 heterocycles. The fourth-order valence-electron chi connectivity index (χ4n) is 5.12.